The van der Waals surface area contributed by atoms with Crippen LogP contribution in [0.2, 0.25) is 0 Å². The van der Waals surface area contributed by atoms with E-state index >= 15 is 0 Å². The Morgan fingerprint density at radius 2 is 1.11 bits per heavy atom. The molecule has 54 heavy (non-hydrogen) atoms. The SMILES string of the molecule is Cc1cc(C)c(Cc2ccc(C(=C3C=CC(=Nc4ccccc4)C=C3S(=O)(=O)O)c3ccc(Cc4c(C)cc(C)c(S(=O)(=O)O)c4C)cc3)cc2)c(C)c1. The molecule has 276 valence electrons. The van der Waals surface area contributed by atoms with Crippen molar-refractivity contribution in [3.05, 3.63) is 193 Å². The van der Waals surface area contributed by atoms with Gasteiger partial charge in [0.25, 0.3) is 20.2 Å². The smallest absolute Gasteiger partial charge is 0.282 e. The number of aryl methyl sites for hydroxylation is 5. The Labute approximate surface area is 318 Å². The first kappa shape index (κ1) is 38.5. The number of allylic oxidation sites excluding steroid dienone is 4. The maximum atomic E-state index is 13.1. The predicted molar refractivity (Wildman–Crippen MR) is 218 cm³/mol. The maximum absolute atomic E-state index is 13.1. The molecule has 0 amide bonds. The second kappa shape index (κ2) is 15.3. The molecule has 0 aromatic heterocycles. The zero-order chi connectivity index (χ0) is 38.9. The molecule has 0 bridgehead atoms. The molecular formula is C45H43NO6S2. The molecule has 2 N–H and O–H groups in total. The Morgan fingerprint density at radius 3 is 1.63 bits per heavy atom. The number of hydrogen-bond acceptors (Lipinski definition) is 5. The summed E-state index contributed by atoms with van der Waals surface area (Å²) in [4.78, 5) is 4.24. The Hall–Kier alpha value is -5.19. The van der Waals surface area contributed by atoms with Gasteiger partial charge >= 0.3 is 0 Å². The molecule has 0 saturated heterocycles. The highest BCUT2D eigenvalue weighted by Crippen LogP contribution is 2.36. The van der Waals surface area contributed by atoms with E-state index in [2.05, 4.69) is 37.9 Å². The summed E-state index contributed by atoms with van der Waals surface area (Å²) in [6.07, 6.45) is 5.95. The number of aliphatic imine (C=N–C) groups is 1. The van der Waals surface area contributed by atoms with Crippen molar-refractivity contribution in [3.63, 3.8) is 0 Å². The minimum Gasteiger partial charge on any atom is -0.282 e. The fourth-order valence-corrected chi connectivity index (χ4v) is 9.17. The maximum Gasteiger partial charge on any atom is 0.295 e. The van der Waals surface area contributed by atoms with E-state index in [1.54, 1.807) is 32.1 Å². The summed E-state index contributed by atoms with van der Waals surface area (Å²) in [6.45, 7) is 11.6. The van der Waals surface area contributed by atoms with E-state index in [-0.39, 0.29) is 9.80 Å². The van der Waals surface area contributed by atoms with Gasteiger partial charge in [-0.15, -0.1) is 0 Å². The second-order valence-corrected chi connectivity index (χ2v) is 16.8. The molecule has 0 atom stereocenters. The van der Waals surface area contributed by atoms with Crippen molar-refractivity contribution < 1.29 is 25.9 Å². The van der Waals surface area contributed by atoms with Crippen LogP contribution in [0.25, 0.3) is 5.57 Å². The molecule has 0 radical (unpaired) electrons. The molecule has 0 aliphatic heterocycles. The average molecular weight is 758 g/mol. The van der Waals surface area contributed by atoms with Crippen molar-refractivity contribution in [3.8, 4) is 0 Å². The quantitative estimate of drug-likeness (QED) is 0.145. The molecule has 0 saturated carbocycles. The molecule has 9 heteroatoms. The molecule has 1 aliphatic carbocycles. The molecule has 7 nitrogen and oxygen atoms in total. The Bertz CT molecular complexity index is 2590. The molecular weight excluding hydrogens is 715 g/mol. The highest BCUT2D eigenvalue weighted by atomic mass is 32.2. The second-order valence-electron chi connectivity index (χ2n) is 14.0. The van der Waals surface area contributed by atoms with Gasteiger partial charge in [0.1, 0.15) is 4.91 Å². The van der Waals surface area contributed by atoms with Crippen molar-refractivity contribution >= 4 is 37.2 Å². The van der Waals surface area contributed by atoms with E-state index in [4.69, 9.17) is 0 Å². The molecule has 0 heterocycles. The van der Waals surface area contributed by atoms with Crippen LogP contribution in [0.1, 0.15) is 66.8 Å². The molecule has 5 aromatic carbocycles. The highest BCUT2D eigenvalue weighted by molar-refractivity contribution is 7.90. The summed E-state index contributed by atoms with van der Waals surface area (Å²) in [7, 11) is -9.12. The first-order valence-corrected chi connectivity index (χ1v) is 20.5. The van der Waals surface area contributed by atoms with Crippen molar-refractivity contribution in [2.45, 2.75) is 59.3 Å². The van der Waals surface area contributed by atoms with E-state index < -0.39 is 20.2 Å². The zero-order valence-electron chi connectivity index (χ0n) is 31.2. The molecule has 6 rings (SSSR count). The van der Waals surface area contributed by atoms with Crippen LogP contribution in [-0.2, 0) is 33.1 Å². The third kappa shape index (κ3) is 8.45. The number of benzene rings is 5. The van der Waals surface area contributed by atoms with Crippen molar-refractivity contribution in [2.75, 3.05) is 0 Å². The summed E-state index contributed by atoms with van der Waals surface area (Å²) in [6, 6.07) is 31.0. The van der Waals surface area contributed by atoms with Gasteiger partial charge in [0.2, 0.25) is 0 Å². The monoisotopic (exact) mass is 757 g/mol. The third-order valence-corrected chi connectivity index (χ3v) is 12.0. The molecule has 0 unspecified atom stereocenters. The van der Waals surface area contributed by atoms with Crippen LogP contribution >= 0.6 is 0 Å². The van der Waals surface area contributed by atoms with Gasteiger partial charge in [-0.05, 0) is 145 Å². The molecule has 1 aliphatic rings. The summed E-state index contributed by atoms with van der Waals surface area (Å²) in [5.41, 5.74) is 13.0. The van der Waals surface area contributed by atoms with Gasteiger partial charge in [-0.2, -0.15) is 16.8 Å². The number of rotatable bonds is 9. The van der Waals surface area contributed by atoms with Gasteiger partial charge in [0, 0.05) is 5.57 Å². The molecule has 0 spiro atoms. The van der Waals surface area contributed by atoms with E-state index in [0.717, 1.165) is 34.2 Å². The van der Waals surface area contributed by atoms with Crippen LogP contribution < -0.4 is 0 Å². The topological polar surface area (TPSA) is 121 Å². The minimum atomic E-state index is -4.70. The van der Waals surface area contributed by atoms with Crippen molar-refractivity contribution in [1.82, 2.24) is 0 Å². The Morgan fingerprint density at radius 1 is 0.593 bits per heavy atom. The van der Waals surface area contributed by atoms with Crippen LogP contribution in [0.3, 0.4) is 0 Å². The normalized spacial score (nSPS) is 15.0. The van der Waals surface area contributed by atoms with E-state index in [1.807, 2.05) is 85.8 Å². The lowest BCUT2D eigenvalue weighted by Crippen LogP contribution is -2.12. The Kier molecular flexibility index (Phi) is 10.9. The summed E-state index contributed by atoms with van der Waals surface area (Å²) >= 11 is 0. The summed E-state index contributed by atoms with van der Waals surface area (Å²) in [5, 5.41) is 0. The highest BCUT2D eigenvalue weighted by Gasteiger charge is 2.26. The van der Waals surface area contributed by atoms with Gasteiger partial charge in [0.15, 0.2) is 0 Å². The van der Waals surface area contributed by atoms with Crippen molar-refractivity contribution in [2.24, 2.45) is 4.99 Å². The first-order valence-electron chi connectivity index (χ1n) is 17.6. The molecule has 0 fully saturated rings. The van der Waals surface area contributed by atoms with Crippen LogP contribution in [-0.4, -0.2) is 31.7 Å². The number of para-hydroxylation sites is 1. The lowest BCUT2D eigenvalue weighted by molar-refractivity contribution is 0.481. The van der Waals surface area contributed by atoms with Crippen LogP contribution in [0.4, 0.5) is 5.69 Å². The zero-order valence-corrected chi connectivity index (χ0v) is 32.8. The van der Waals surface area contributed by atoms with Gasteiger partial charge < -0.3 is 0 Å². The van der Waals surface area contributed by atoms with E-state index in [0.29, 0.717) is 45.7 Å². The summed E-state index contributed by atoms with van der Waals surface area (Å²) in [5.74, 6) is 0. The lowest BCUT2D eigenvalue weighted by Gasteiger charge is -2.19. The van der Waals surface area contributed by atoms with Crippen LogP contribution in [0.5, 0.6) is 0 Å². The van der Waals surface area contributed by atoms with E-state index in [9.17, 15) is 25.9 Å². The fourth-order valence-electron chi connectivity index (χ4n) is 7.48. The van der Waals surface area contributed by atoms with Crippen LogP contribution in [0, 0.1) is 41.5 Å². The number of nitrogens with zero attached hydrogens (tertiary/aromatic N) is 1. The van der Waals surface area contributed by atoms with E-state index in [1.165, 1.54) is 28.3 Å². The average Bonchev–Trinajstić information content (AvgIpc) is 3.09. The van der Waals surface area contributed by atoms with Crippen LogP contribution in [0.15, 0.2) is 136 Å². The lowest BCUT2D eigenvalue weighted by atomic mass is 9.88. The standard InChI is InChI=1S/C45H43NO6S2/c1-28-22-29(2)41(30(3)23-28)25-34-12-16-36(17-13-34)44(40-21-20-39(27-43(40)53(47,48)49)46-38-10-8-7-9-11-38)37-18-14-35(15-19-37)26-42-31(4)24-32(5)45(33(42)6)54(50,51)52/h7-24,27H,25-26H2,1-6H3,(H,47,48,49)(H,50,51,52). The number of hydrogen-bond donors (Lipinski definition) is 2. The third-order valence-electron chi connectivity index (χ3n) is 9.93. The largest absolute Gasteiger partial charge is 0.295 e. The van der Waals surface area contributed by atoms with Gasteiger partial charge in [0.05, 0.1) is 16.3 Å². The minimum absolute atomic E-state index is 0.0772. The fraction of sp³-hybridized carbons (Fsp3) is 0.178. The van der Waals surface area contributed by atoms with Crippen molar-refractivity contribution in [1.29, 1.82) is 0 Å². The predicted octanol–water partition coefficient (Wildman–Crippen LogP) is 9.88. The van der Waals surface area contributed by atoms with Gasteiger partial charge in [-0.25, -0.2) is 4.99 Å². The Balaban J connectivity index is 1.46. The summed E-state index contributed by atoms with van der Waals surface area (Å²) < 4.78 is 71.1. The van der Waals surface area contributed by atoms with Gasteiger partial charge in [-0.3, -0.25) is 9.11 Å². The first-order chi connectivity index (χ1) is 25.5. The van der Waals surface area contributed by atoms with Gasteiger partial charge in [-0.1, -0.05) is 96.6 Å². The molecule has 5 aromatic rings.